The second-order valence-corrected chi connectivity index (χ2v) is 8.86. The van der Waals surface area contributed by atoms with Gasteiger partial charge in [-0.05, 0) is 54.4 Å². The summed E-state index contributed by atoms with van der Waals surface area (Å²) in [6, 6.07) is 11.4. The number of fused-ring (bicyclic) bond motifs is 2. The first-order valence-electron chi connectivity index (χ1n) is 8.12. The minimum absolute atomic E-state index is 0.101. The Morgan fingerprint density at radius 1 is 1.19 bits per heavy atom. The number of sulfonamides is 1. The van der Waals surface area contributed by atoms with Gasteiger partial charge in [0, 0.05) is 23.8 Å². The van der Waals surface area contributed by atoms with Gasteiger partial charge in [0.2, 0.25) is 15.9 Å². The summed E-state index contributed by atoms with van der Waals surface area (Å²) in [5, 5.41) is 3.34. The predicted molar refractivity (Wildman–Crippen MR) is 98.1 cm³/mol. The molecule has 26 heavy (non-hydrogen) atoms. The Balaban J connectivity index is 1.71. The van der Waals surface area contributed by atoms with Crippen LogP contribution < -0.4 is 10.1 Å². The van der Waals surface area contributed by atoms with Gasteiger partial charge < -0.3 is 10.1 Å². The van der Waals surface area contributed by atoms with Gasteiger partial charge in [-0.15, -0.1) is 0 Å². The van der Waals surface area contributed by atoms with Gasteiger partial charge in [-0.1, -0.05) is 11.6 Å². The smallest absolute Gasteiger partial charge is 0.243 e. The fourth-order valence-corrected chi connectivity index (χ4v) is 5.29. The van der Waals surface area contributed by atoms with Crippen molar-refractivity contribution < 1.29 is 17.9 Å². The second kappa shape index (κ2) is 5.97. The number of halogens is 1. The van der Waals surface area contributed by atoms with Crippen molar-refractivity contribution in [1.29, 1.82) is 0 Å². The van der Waals surface area contributed by atoms with Crippen LogP contribution in [-0.4, -0.2) is 38.8 Å². The van der Waals surface area contributed by atoms with Crippen LogP contribution in [0.5, 0.6) is 5.75 Å². The lowest BCUT2D eigenvalue weighted by atomic mass is 9.81. The molecule has 1 spiro atoms. The third kappa shape index (κ3) is 2.50. The lowest BCUT2D eigenvalue weighted by molar-refractivity contribution is -0.120. The van der Waals surface area contributed by atoms with E-state index in [0.29, 0.717) is 22.9 Å². The van der Waals surface area contributed by atoms with Gasteiger partial charge in [0.05, 0.1) is 17.4 Å². The number of ether oxygens (including phenoxy) is 1. The SMILES string of the molecule is COc1ccc2c(c1)[C@@]1(CCN(S(=O)(=O)c3ccc(Cl)cc3)C1)C(=O)N2. The standard InChI is InChI=1S/C18H17ClN2O4S/c1-25-13-4-7-16-15(10-13)18(17(22)20-16)8-9-21(11-18)26(23,24)14-5-2-12(19)3-6-14/h2-7,10H,8-9,11H2,1H3,(H,20,22)/t18-/m0/s1. The molecular formula is C18H17ClN2O4S. The molecule has 1 amide bonds. The summed E-state index contributed by atoms with van der Waals surface area (Å²) in [4.78, 5) is 12.9. The highest BCUT2D eigenvalue weighted by Gasteiger charge is 2.53. The molecule has 0 bridgehead atoms. The van der Waals surface area contributed by atoms with E-state index in [1.165, 1.54) is 16.4 Å². The summed E-state index contributed by atoms with van der Waals surface area (Å²) in [6.45, 7) is 0.374. The molecule has 0 saturated carbocycles. The highest BCUT2D eigenvalue weighted by atomic mass is 35.5. The summed E-state index contributed by atoms with van der Waals surface area (Å²) in [5.41, 5.74) is 0.612. The van der Waals surface area contributed by atoms with Crippen molar-refractivity contribution in [3.8, 4) is 5.75 Å². The van der Waals surface area contributed by atoms with E-state index in [0.717, 1.165) is 5.56 Å². The molecule has 0 radical (unpaired) electrons. The molecule has 2 heterocycles. The lowest BCUT2D eigenvalue weighted by Gasteiger charge is -2.22. The second-order valence-electron chi connectivity index (χ2n) is 6.49. The predicted octanol–water partition coefficient (Wildman–Crippen LogP) is 2.63. The summed E-state index contributed by atoms with van der Waals surface area (Å²) in [6.07, 6.45) is 0.422. The Hall–Kier alpha value is -2.09. The van der Waals surface area contributed by atoms with Crippen molar-refractivity contribution in [2.75, 3.05) is 25.5 Å². The maximum Gasteiger partial charge on any atom is 0.243 e. The monoisotopic (exact) mass is 392 g/mol. The summed E-state index contributed by atoms with van der Waals surface area (Å²) in [5.74, 6) is 0.466. The molecule has 136 valence electrons. The number of rotatable bonds is 3. The number of amides is 1. The van der Waals surface area contributed by atoms with Crippen LogP contribution in [0.25, 0.3) is 0 Å². The molecule has 2 aromatic rings. The van der Waals surface area contributed by atoms with E-state index in [4.69, 9.17) is 16.3 Å². The van der Waals surface area contributed by atoms with Crippen molar-refractivity contribution in [2.45, 2.75) is 16.7 Å². The van der Waals surface area contributed by atoms with E-state index in [9.17, 15) is 13.2 Å². The number of methoxy groups -OCH3 is 1. The van der Waals surface area contributed by atoms with E-state index in [1.807, 2.05) is 6.07 Å². The summed E-state index contributed by atoms with van der Waals surface area (Å²) in [7, 11) is -2.14. The molecule has 1 saturated heterocycles. The normalized spacial score (nSPS) is 22.5. The average Bonchev–Trinajstić information content (AvgIpc) is 3.19. The number of carbonyl (C=O) groups is 1. The quantitative estimate of drug-likeness (QED) is 0.871. The van der Waals surface area contributed by atoms with Crippen molar-refractivity contribution in [3.05, 3.63) is 53.1 Å². The van der Waals surface area contributed by atoms with Gasteiger partial charge in [-0.2, -0.15) is 4.31 Å². The highest BCUT2D eigenvalue weighted by molar-refractivity contribution is 7.89. The average molecular weight is 393 g/mol. The zero-order chi connectivity index (χ0) is 18.5. The van der Waals surface area contributed by atoms with Crippen LogP contribution in [0.1, 0.15) is 12.0 Å². The third-order valence-corrected chi connectivity index (χ3v) is 7.22. The first-order valence-corrected chi connectivity index (χ1v) is 9.94. The lowest BCUT2D eigenvalue weighted by Crippen LogP contribution is -2.39. The number of hydrogen-bond acceptors (Lipinski definition) is 4. The highest BCUT2D eigenvalue weighted by Crippen LogP contribution is 2.46. The maximum atomic E-state index is 13.0. The molecule has 6 nitrogen and oxygen atoms in total. The van der Waals surface area contributed by atoms with Gasteiger partial charge in [0.25, 0.3) is 0 Å². The van der Waals surface area contributed by atoms with E-state index in [-0.39, 0.29) is 23.9 Å². The van der Waals surface area contributed by atoms with Crippen molar-refractivity contribution in [3.63, 3.8) is 0 Å². The maximum absolute atomic E-state index is 13.0. The fourth-order valence-electron chi connectivity index (χ4n) is 3.66. The van der Waals surface area contributed by atoms with Crippen molar-refractivity contribution >= 4 is 33.2 Å². The molecule has 0 aromatic heterocycles. The number of benzene rings is 2. The van der Waals surface area contributed by atoms with Gasteiger partial charge in [0.15, 0.2) is 0 Å². The molecule has 2 aromatic carbocycles. The number of nitrogens with one attached hydrogen (secondary N) is 1. The van der Waals surface area contributed by atoms with E-state index in [2.05, 4.69) is 5.32 Å². The van der Waals surface area contributed by atoms with Crippen molar-refractivity contribution in [2.24, 2.45) is 0 Å². The van der Waals surface area contributed by atoms with E-state index < -0.39 is 15.4 Å². The topological polar surface area (TPSA) is 75.7 Å². The number of carbonyl (C=O) groups excluding carboxylic acids is 1. The first-order chi connectivity index (χ1) is 12.4. The molecule has 0 unspecified atom stereocenters. The Bertz CT molecular complexity index is 991. The molecule has 1 N–H and O–H groups in total. The summed E-state index contributed by atoms with van der Waals surface area (Å²) < 4.78 is 32.5. The molecule has 1 fully saturated rings. The zero-order valence-electron chi connectivity index (χ0n) is 14.0. The van der Waals surface area contributed by atoms with Crippen LogP contribution in [0, 0.1) is 0 Å². The van der Waals surface area contributed by atoms with Crippen LogP contribution in [0.3, 0.4) is 0 Å². The molecule has 2 aliphatic heterocycles. The van der Waals surface area contributed by atoms with Crippen molar-refractivity contribution in [1.82, 2.24) is 4.31 Å². The van der Waals surface area contributed by atoms with Gasteiger partial charge >= 0.3 is 0 Å². The van der Waals surface area contributed by atoms with Crippen LogP contribution in [0.2, 0.25) is 5.02 Å². The Labute approximate surface area is 156 Å². The fraction of sp³-hybridized carbons (Fsp3) is 0.278. The number of nitrogens with zero attached hydrogens (tertiary/aromatic N) is 1. The van der Waals surface area contributed by atoms with Gasteiger partial charge in [-0.3, -0.25) is 4.79 Å². The third-order valence-electron chi connectivity index (χ3n) is 5.11. The molecular weight excluding hydrogens is 376 g/mol. The van der Waals surface area contributed by atoms with Crippen LogP contribution >= 0.6 is 11.6 Å². The minimum atomic E-state index is -3.70. The molecule has 4 rings (SSSR count). The zero-order valence-corrected chi connectivity index (χ0v) is 15.6. The Morgan fingerprint density at radius 2 is 1.92 bits per heavy atom. The van der Waals surface area contributed by atoms with Crippen LogP contribution in [0.4, 0.5) is 5.69 Å². The largest absolute Gasteiger partial charge is 0.497 e. The van der Waals surface area contributed by atoms with Gasteiger partial charge in [0.1, 0.15) is 5.75 Å². The molecule has 8 heteroatoms. The first kappa shape index (κ1) is 17.3. The van der Waals surface area contributed by atoms with Crippen LogP contribution in [0.15, 0.2) is 47.4 Å². The Morgan fingerprint density at radius 3 is 2.62 bits per heavy atom. The molecule has 2 aliphatic rings. The minimum Gasteiger partial charge on any atom is -0.497 e. The van der Waals surface area contributed by atoms with E-state index >= 15 is 0 Å². The summed E-state index contributed by atoms with van der Waals surface area (Å²) >= 11 is 5.85. The number of anilines is 1. The molecule has 0 aliphatic carbocycles. The Kier molecular flexibility index (Phi) is 3.98. The number of hydrogen-bond donors (Lipinski definition) is 1. The molecule has 1 atom stereocenters. The van der Waals surface area contributed by atoms with Gasteiger partial charge in [-0.25, -0.2) is 8.42 Å². The van der Waals surface area contributed by atoms with E-state index in [1.54, 1.807) is 31.4 Å². The van der Waals surface area contributed by atoms with Crippen LogP contribution in [-0.2, 0) is 20.2 Å².